The number of ether oxygens (including phenoxy) is 2. The van der Waals surface area contributed by atoms with Gasteiger partial charge in [0.1, 0.15) is 5.84 Å². The van der Waals surface area contributed by atoms with E-state index >= 15 is 0 Å². The molecule has 0 unspecified atom stereocenters. The highest BCUT2D eigenvalue weighted by atomic mass is 35.5. The molecule has 1 saturated heterocycles. The van der Waals surface area contributed by atoms with E-state index in [0.717, 1.165) is 5.84 Å². The normalized spacial score (nSPS) is 22.5. The summed E-state index contributed by atoms with van der Waals surface area (Å²) in [6, 6.07) is 3.55. The molecule has 0 aliphatic carbocycles. The van der Waals surface area contributed by atoms with Gasteiger partial charge in [0.15, 0.2) is 5.82 Å². The summed E-state index contributed by atoms with van der Waals surface area (Å²) in [6.45, 7) is 5.40. The van der Waals surface area contributed by atoms with Crippen molar-refractivity contribution >= 4 is 29.2 Å². The number of pyridine rings is 1. The lowest BCUT2D eigenvalue weighted by atomic mass is 10.1. The molecule has 7 heteroatoms. The number of carbonyl (C=O) groups excluding carboxylic acids is 1. The molecule has 1 aromatic heterocycles. The molecule has 120 valence electrons. The Labute approximate surface area is 135 Å². The van der Waals surface area contributed by atoms with Gasteiger partial charge in [0.2, 0.25) is 0 Å². The van der Waals surface area contributed by atoms with Gasteiger partial charge in [-0.25, -0.2) is 14.8 Å². The van der Waals surface area contributed by atoms with Crippen molar-refractivity contribution < 1.29 is 14.3 Å². The number of aromatic nitrogens is 1. The van der Waals surface area contributed by atoms with E-state index in [9.17, 15) is 4.79 Å². The van der Waals surface area contributed by atoms with Crippen LogP contribution in [-0.4, -0.2) is 60.0 Å². The molecule has 2 heterocycles. The van der Waals surface area contributed by atoms with Crippen LogP contribution in [-0.2, 0) is 9.47 Å². The SMILES string of the molecule is COC(=O)c1ccnc(N=C(CCl)N2[C@H](C)COC[C@H]2C)c1. The summed E-state index contributed by atoms with van der Waals surface area (Å²) in [5.74, 6) is 1.00. The van der Waals surface area contributed by atoms with E-state index < -0.39 is 5.97 Å². The van der Waals surface area contributed by atoms with Gasteiger partial charge in [0.25, 0.3) is 0 Å². The Morgan fingerprint density at radius 1 is 1.50 bits per heavy atom. The molecule has 1 aliphatic heterocycles. The molecular formula is C15H20ClN3O3. The Morgan fingerprint density at radius 3 is 2.77 bits per heavy atom. The van der Waals surface area contributed by atoms with Gasteiger partial charge in [-0.2, -0.15) is 0 Å². The van der Waals surface area contributed by atoms with Crippen LogP contribution in [0.1, 0.15) is 24.2 Å². The first kappa shape index (κ1) is 16.7. The van der Waals surface area contributed by atoms with Crippen molar-refractivity contribution in [1.29, 1.82) is 0 Å². The van der Waals surface area contributed by atoms with Crippen LogP contribution in [0.25, 0.3) is 0 Å². The molecule has 1 aromatic rings. The van der Waals surface area contributed by atoms with Crippen molar-refractivity contribution in [3.05, 3.63) is 23.9 Å². The van der Waals surface area contributed by atoms with Crippen LogP contribution in [0.15, 0.2) is 23.3 Å². The maximum absolute atomic E-state index is 11.6. The van der Waals surface area contributed by atoms with Crippen molar-refractivity contribution in [3.8, 4) is 0 Å². The average molecular weight is 326 g/mol. The molecule has 0 spiro atoms. The number of hydrogen-bond acceptors (Lipinski definition) is 5. The number of rotatable bonds is 3. The summed E-state index contributed by atoms with van der Waals surface area (Å²) in [4.78, 5) is 22.4. The minimum Gasteiger partial charge on any atom is -0.465 e. The van der Waals surface area contributed by atoms with Crippen LogP contribution in [0.5, 0.6) is 0 Å². The first-order chi connectivity index (χ1) is 10.6. The number of hydrogen-bond donors (Lipinski definition) is 0. The summed E-state index contributed by atoms with van der Waals surface area (Å²) in [6.07, 6.45) is 1.53. The zero-order valence-electron chi connectivity index (χ0n) is 13.0. The quantitative estimate of drug-likeness (QED) is 0.369. The van der Waals surface area contributed by atoms with E-state index in [2.05, 4.69) is 28.7 Å². The predicted octanol–water partition coefficient (Wildman–Crippen LogP) is 2.25. The summed E-state index contributed by atoms with van der Waals surface area (Å²) in [5.41, 5.74) is 0.410. The van der Waals surface area contributed by atoms with Crippen LogP contribution in [0.3, 0.4) is 0 Å². The molecule has 0 radical (unpaired) electrons. The molecule has 2 rings (SSSR count). The third kappa shape index (κ3) is 3.75. The van der Waals surface area contributed by atoms with E-state index in [1.807, 2.05) is 0 Å². The lowest BCUT2D eigenvalue weighted by Crippen LogP contribution is -2.53. The van der Waals surface area contributed by atoms with Crippen molar-refractivity contribution in [2.75, 3.05) is 26.2 Å². The second-order valence-corrected chi connectivity index (χ2v) is 5.47. The minimum absolute atomic E-state index is 0.185. The first-order valence-electron chi connectivity index (χ1n) is 7.10. The van der Waals surface area contributed by atoms with Gasteiger partial charge < -0.3 is 14.4 Å². The van der Waals surface area contributed by atoms with Crippen LogP contribution in [0, 0.1) is 0 Å². The maximum atomic E-state index is 11.6. The topological polar surface area (TPSA) is 64.0 Å². The van der Waals surface area contributed by atoms with Gasteiger partial charge >= 0.3 is 5.97 Å². The standard InChI is InChI=1S/C15H20ClN3O3/c1-10-8-22-9-11(2)19(10)14(7-16)18-13-6-12(4-5-17-13)15(20)21-3/h4-6,10-11H,7-9H2,1-3H3/t10-,11-/m1/s1. The second kappa shape index (κ2) is 7.56. The van der Waals surface area contributed by atoms with Gasteiger partial charge in [-0.15, -0.1) is 11.6 Å². The summed E-state index contributed by atoms with van der Waals surface area (Å²) in [7, 11) is 1.34. The first-order valence-corrected chi connectivity index (χ1v) is 7.64. The maximum Gasteiger partial charge on any atom is 0.338 e. The molecule has 2 atom stereocenters. The highest BCUT2D eigenvalue weighted by Gasteiger charge is 2.27. The number of aliphatic imine (C=N–C) groups is 1. The second-order valence-electron chi connectivity index (χ2n) is 5.20. The lowest BCUT2D eigenvalue weighted by Gasteiger charge is -2.40. The van der Waals surface area contributed by atoms with Crippen molar-refractivity contribution in [3.63, 3.8) is 0 Å². The van der Waals surface area contributed by atoms with Crippen LogP contribution >= 0.6 is 11.6 Å². The third-order valence-electron chi connectivity index (χ3n) is 3.50. The van der Waals surface area contributed by atoms with Crippen molar-refractivity contribution in [2.45, 2.75) is 25.9 Å². The highest BCUT2D eigenvalue weighted by molar-refractivity contribution is 6.28. The Kier molecular flexibility index (Phi) is 5.74. The van der Waals surface area contributed by atoms with Crippen LogP contribution < -0.4 is 0 Å². The molecule has 0 bridgehead atoms. The Balaban J connectivity index is 2.30. The zero-order chi connectivity index (χ0) is 16.1. The summed E-state index contributed by atoms with van der Waals surface area (Å²) in [5, 5.41) is 0. The van der Waals surface area contributed by atoms with Crippen molar-refractivity contribution in [1.82, 2.24) is 9.88 Å². The van der Waals surface area contributed by atoms with Crippen LogP contribution in [0.2, 0.25) is 0 Å². The van der Waals surface area contributed by atoms with Gasteiger partial charge in [0, 0.05) is 6.20 Å². The lowest BCUT2D eigenvalue weighted by molar-refractivity contribution is -0.000795. The number of esters is 1. The third-order valence-corrected chi connectivity index (χ3v) is 3.73. The van der Waals surface area contributed by atoms with Gasteiger partial charge in [-0.05, 0) is 26.0 Å². The molecule has 0 saturated carbocycles. The Morgan fingerprint density at radius 2 is 2.18 bits per heavy atom. The van der Waals surface area contributed by atoms with Crippen molar-refractivity contribution in [2.24, 2.45) is 4.99 Å². The molecule has 0 aromatic carbocycles. The molecule has 6 nitrogen and oxygen atoms in total. The predicted molar refractivity (Wildman–Crippen MR) is 85.0 cm³/mol. The Bertz CT molecular complexity index is 555. The van der Waals surface area contributed by atoms with E-state index in [4.69, 9.17) is 21.1 Å². The smallest absolute Gasteiger partial charge is 0.338 e. The molecular weight excluding hydrogens is 306 g/mol. The minimum atomic E-state index is -0.417. The fourth-order valence-corrected chi connectivity index (χ4v) is 2.72. The molecule has 0 amide bonds. The summed E-state index contributed by atoms with van der Waals surface area (Å²) < 4.78 is 10.2. The number of halogens is 1. The molecule has 22 heavy (non-hydrogen) atoms. The highest BCUT2D eigenvalue weighted by Crippen LogP contribution is 2.18. The molecule has 0 N–H and O–H groups in total. The van der Waals surface area contributed by atoms with Gasteiger partial charge in [-0.1, -0.05) is 0 Å². The monoisotopic (exact) mass is 325 g/mol. The van der Waals surface area contributed by atoms with E-state index in [1.165, 1.54) is 13.3 Å². The van der Waals surface area contributed by atoms with E-state index in [0.29, 0.717) is 24.6 Å². The number of morpholine rings is 1. The number of methoxy groups -OCH3 is 1. The largest absolute Gasteiger partial charge is 0.465 e. The number of alkyl halides is 1. The molecule has 1 fully saturated rings. The number of carbonyl (C=O) groups is 1. The fraction of sp³-hybridized carbons (Fsp3) is 0.533. The van der Waals surface area contributed by atoms with E-state index in [-0.39, 0.29) is 18.0 Å². The average Bonchev–Trinajstić information content (AvgIpc) is 2.53. The summed E-state index contributed by atoms with van der Waals surface area (Å²) >= 11 is 6.08. The van der Waals surface area contributed by atoms with Gasteiger partial charge in [0.05, 0.1) is 43.9 Å². The number of amidine groups is 1. The Hall–Kier alpha value is -1.66. The van der Waals surface area contributed by atoms with Crippen LogP contribution in [0.4, 0.5) is 5.82 Å². The molecule has 1 aliphatic rings. The zero-order valence-corrected chi connectivity index (χ0v) is 13.7. The van der Waals surface area contributed by atoms with Gasteiger partial charge in [-0.3, -0.25) is 0 Å². The van der Waals surface area contributed by atoms with E-state index in [1.54, 1.807) is 12.1 Å². The number of nitrogens with zero attached hydrogens (tertiary/aromatic N) is 3. The fourth-order valence-electron chi connectivity index (χ4n) is 2.53.